The Hall–Kier alpha value is -2.53. The van der Waals surface area contributed by atoms with Crippen LogP contribution in [0.25, 0.3) is 10.9 Å². The molecule has 0 spiro atoms. The fourth-order valence-electron chi connectivity index (χ4n) is 1.92. The van der Waals surface area contributed by atoms with Gasteiger partial charge in [0.25, 0.3) is 5.88 Å². The molecule has 0 amide bonds. The molecule has 0 aliphatic rings. The van der Waals surface area contributed by atoms with E-state index in [1.54, 1.807) is 18.3 Å². The number of fused-ring (bicyclic) bond motifs is 1. The number of halogens is 1. The van der Waals surface area contributed by atoms with E-state index in [2.05, 4.69) is 9.97 Å². The third kappa shape index (κ3) is 2.19. The fourth-order valence-corrected chi connectivity index (χ4v) is 1.92. The van der Waals surface area contributed by atoms with E-state index in [0.29, 0.717) is 11.3 Å². The van der Waals surface area contributed by atoms with Crippen molar-refractivity contribution in [1.29, 1.82) is 0 Å². The molecule has 1 N–H and O–H groups in total. The summed E-state index contributed by atoms with van der Waals surface area (Å²) < 4.78 is 19.5. The first-order chi connectivity index (χ1) is 9.79. The predicted octanol–water partition coefficient (Wildman–Crippen LogP) is 3.05. The van der Waals surface area contributed by atoms with Gasteiger partial charge in [-0.05, 0) is 18.2 Å². The second-order valence-corrected chi connectivity index (χ2v) is 4.18. The van der Waals surface area contributed by atoms with Crippen molar-refractivity contribution < 1.29 is 14.2 Å². The van der Waals surface area contributed by atoms with Crippen molar-refractivity contribution in [2.45, 2.75) is 6.61 Å². The van der Waals surface area contributed by atoms with E-state index in [0.717, 1.165) is 5.39 Å². The van der Waals surface area contributed by atoms with Crippen LogP contribution in [0, 0.1) is 5.82 Å². The Kier molecular flexibility index (Phi) is 3.26. The lowest BCUT2D eigenvalue weighted by Crippen LogP contribution is -1.97. The van der Waals surface area contributed by atoms with Crippen molar-refractivity contribution in [3.05, 3.63) is 60.2 Å². The summed E-state index contributed by atoms with van der Waals surface area (Å²) in [4.78, 5) is 8.08. The van der Waals surface area contributed by atoms with Gasteiger partial charge in [-0.15, -0.1) is 0 Å². The molecule has 0 radical (unpaired) electrons. The fraction of sp³-hybridized carbons (Fsp3) is 0.0667. The molecule has 100 valence electrons. The molecular weight excluding hydrogens is 259 g/mol. The Morgan fingerprint density at radius 3 is 2.75 bits per heavy atom. The Bertz CT molecular complexity index is 756. The quantitative estimate of drug-likeness (QED) is 0.794. The van der Waals surface area contributed by atoms with E-state index in [-0.39, 0.29) is 11.4 Å². The van der Waals surface area contributed by atoms with E-state index in [4.69, 9.17) is 9.84 Å². The lowest BCUT2D eigenvalue weighted by Gasteiger charge is -2.09. The van der Waals surface area contributed by atoms with Crippen LogP contribution >= 0.6 is 0 Å². The largest absolute Gasteiger partial charge is 0.434 e. The Morgan fingerprint density at radius 2 is 1.90 bits per heavy atom. The van der Waals surface area contributed by atoms with Crippen molar-refractivity contribution in [2.24, 2.45) is 0 Å². The van der Waals surface area contributed by atoms with E-state index in [1.165, 1.54) is 12.3 Å². The van der Waals surface area contributed by atoms with E-state index in [1.807, 2.05) is 18.2 Å². The van der Waals surface area contributed by atoms with Crippen LogP contribution in [0.15, 0.2) is 48.8 Å². The van der Waals surface area contributed by atoms with Crippen LogP contribution in [0.1, 0.15) is 5.56 Å². The molecule has 0 bridgehead atoms. The lowest BCUT2D eigenvalue weighted by molar-refractivity contribution is 0.273. The third-order valence-corrected chi connectivity index (χ3v) is 2.91. The van der Waals surface area contributed by atoms with Crippen molar-refractivity contribution in [2.75, 3.05) is 0 Å². The van der Waals surface area contributed by atoms with E-state index >= 15 is 0 Å². The summed E-state index contributed by atoms with van der Waals surface area (Å²) in [5, 5.41) is 9.94. The molecule has 0 aliphatic heterocycles. The number of hydrogen-bond donors (Lipinski definition) is 1. The highest BCUT2D eigenvalue weighted by Crippen LogP contribution is 2.29. The van der Waals surface area contributed by atoms with Crippen molar-refractivity contribution >= 4 is 10.9 Å². The number of nitrogens with zero attached hydrogens (tertiary/aromatic N) is 2. The second kappa shape index (κ2) is 5.22. The first kappa shape index (κ1) is 12.5. The highest BCUT2D eigenvalue weighted by molar-refractivity contribution is 5.84. The Morgan fingerprint density at radius 1 is 1.05 bits per heavy atom. The molecule has 0 aliphatic carbocycles. The van der Waals surface area contributed by atoms with Crippen molar-refractivity contribution in [3.8, 4) is 11.6 Å². The minimum atomic E-state index is -0.664. The first-order valence-corrected chi connectivity index (χ1v) is 6.05. The lowest BCUT2D eigenvalue weighted by atomic mass is 10.2. The summed E-state index contributed by atoms with van der Waals surface area (Å²) in [6, 6.07) is 10.5. The number of aliphatic hydroxyl groups is 1. The first-order valence-electron chi connectivity index (χ1n) is 6.05. The highest BCUT2D eigenvalue weighted by Gasteiger charge is 2.12. The molecule has 0 unspecified atom stereocenters. The normalized spacial score (nSPS) is 10.7. The van der Waals surface area contributed by atoms with Gasteiger partial charge in [-0.2, -0.15) is 0 Å². The second-order valence-electron chi connectivity index (χ2n) is 4.18. The molecule has 4 nitrogen and oxygen atoms in total. The number of aromatic nitrogens is 2. The van der Waals surface area contributed by atoms with Gasteiger partial charge >= 0.3 is 0 Å². The van der Waals surface area contributed by atoms with Crippen LogP contribution < -0.4 is 4.74 Å². The summed E-state index contributed by atoms with van der Waals surface area (Å²) >= 11 is 0. The predicted molar refractivity (Wildman–Crippen MR) is 71.9 cm³/mol. The van der Waals surface area contributed by atoms with Crippen LogP contribution in [0.4, 0.5) is 4.39 Å². The highest BCUT2D eigenvalue weighted by atomic mass is 19.1. The number of hydrogen-bond acceptors (Lipinski definition) is 4. The molecule has 3 rings (SSSR count). The summed E-state index contributed by atoms with van der Waals surface area (Å²) in [5.74, 6) is -0.415. The summed E-state index contributed by atoms with van der Waals surface area (Å²) in [6.45, 7) is -0.404. The molecule has 0 fully saturated rings. The summed E-state index contributed by atoms with van der Waals surface area (Å²) in [6.07, 6.45) is 3.03. The van der Waals surface area contributed by atoms with Crippen LogP contribution in [-0.4, -0.2) is 15.1 Å². The minimum absolute atomic E-state index is 0.142. The van der Waals surface area contributed by atoms with Gasteiger partial charge < -0.3 is 9.84 Å². The smallest absolute Gasteiger partial charge is 0.256 e. The maximum absolute atomic E-state index is 14.0. The average molecular weight is 270 g/mol. The van der Waals surface area contributed by atoms with Gasteiger partial charge in [0.2, 0.25) is 0 Å². The molecule has 1 aromatic carbocycles. The monoisotopic (exact) mass is 270 g/mol. The van der Waals surface area contributed by atoms with Crippen LogP contribution in [0.3, 0.4) is 0 Å². The van der Waals surface area contributed by atoms with Gasteiger partial charge in [0.05, 0.1) is 6.61 Å². The topological polar surface area (TPSA) is 55.2 Å². The maximum Gasteiger partial charge on any atom is 0.256 e. The van der Waals surface area contributed by atoms with Gasteiger partial charge in [0.1, 0.15) is 5.52 Å². The standard InChI is InChI=1S/C15H11FN2O2/c16-13-11(9-19)6-8-18-15(13)20-12-5-1-3-10-4-2-7-17-14(10)12/h1-8,19H,9H2. The number of benzene rings is 1. The average Bonchev–Trinajstić information content (AvgIpc) is 2.50. The Balaban J connectivity index is 2.06. The molecule has 0 saturated heterocycles. The maximum atomic E-state index is 14.0. The van der Waals surface area contributed by atoms with Crippen LogP contribution in [0.2, 0.25) is 0 Å². The van der Waals surface area contributed by atoms with Crippen molar-refractivity contribution in [3.63, 3.8) is 0 Å². The van der Waals surface area contributed by atoms with Crippen LogP contribution in [-0.2, 0) is 6.61 Å². The van der Waals surface area contributed by atoms with Crippen molar-refractivity contribution in [1.82, 2.24) is 9.97 Å². The van der Waals surface area contributed by atoms with E-state index in [9.17, 15) is 4.39 Å². The SMILES string of the molecule is OCc1ccnc(Oc2cccc3cccnc23)c1F. The molecular formula is C15H11FN2O2. The zero-order valence-electron chi connectivity index (χ0n) is 10.5. The van der Waals surface area contributed by atoms with Crippen LogP contribution in [0.5, 0.6) is 11.6 Å². The molecule has 0 saturated carbocycles. The molecule has 5 heteroatoms. The Labute approximate surface area is 114 Å². The molecule has 20 heavy (non-hydrogen) atoms. The zero-order valence-corrected chi connectivity index (χ0v) is 10.5. The van der Waals surface area contributed by atoms with Gasteiger partial charge in [-0.3, -0.25) is 4.98 Å². The van der Waals surface area contributed by atoms with Gasteiger partial charge in [0, 0.05) is 23.3 Å². The molecule has 0 atom stereocenters. The van der Waals surface area contributed by atoms with E-state index < -0.39 is 12.4 Å². The van der Waals surface area contributed by atoms with Gasteiger partial charge in [0.15, 0.2) is 11.6 Å². The summed E-state index contributed by atoms with van der Waals surface area (Å²) in [5.41, 5.74) is 0.772. The number of para-hydroxylation sites is 1. The summed E-state index contributed by atoms with van der Waals surface area (Å²) in [7, 11) is 0. The number of ether oxygens (including phenoxy) is 1. The third-order valence-electron chi connectivity index (χ3n) is 2.91. The number of pyridine rings is 2. The van der Waals surface area contributed by atoms with Gasteiger partial charge in [-0.1, -0.05) is 18.2 Å². The number of aliphatic hydroxyl groups excluding tert-OH is 1. The van der Waals surface area contributed by atoms with Gasteiger partial charge in [-0.25, -0.2) is 9.37 Å². The minimum Gasteiger partial charge on any atom is -0.434 e. The molecule has 3 aromatic rings. The number of rotatable bonds is 3. The zero-order chi connectivity index (χ0) is 13.9. The molecule has 2 aromatic heterocycles. The molecule has 2 heterocycles.